The SMILES string of the molecule is COCC1CCC(N2CCC(c3cnc(C(C)C)nc3)CC2)CC1. The predicted octanol–water partition coefficient (Wildman–Crippen LogP) is 3.98. The van der Waals surface area contributed by atoms with Crippen molar-refractivity contribution >= 4 is 0 Å². The largest absolute Gasteiger partial charge is 0.384 e. The molecule has 0 N–H and O–H groups in total. The predicted molar refractivity (Wildman–Crippen MR) is 97.3 cm³/mol. The first-order valence-electron chi connectivity index (χ1n) is 9.72. The fourth-order valence-corrected chi connectivity index (χ4v) is 4.37. The van der Waals surface area contributed by atoms with Gasteiger partial charge in [0.1, 0.15) is 5.82 Å². The number of rotatable bonds is 5. The third kappa shape index (κ3) is 4.34. The third-order valence-electron chi connectivity index (χ3n) is 5.94. The van der Waals surface area contributed by atoms with Gasteiger partial charge in [-0.2, -0.15) is 0 Å². The first-order valence-corrected chi connectivity index (χ1v) is 9.72. The van der Waals surface area contributed by atoms with Gasteiger partial charge in [-0.15, -0.1) is 0 Å². The fourth-order valence-electron chi connectivity index (χ4n) is 4.37. The van der Waals surface area contributed by atoms with Crippen LogP contribution in [0.4, 0.5) is 0 Å². The lowest BCUT2D eigenvalue weighted by Crippen LogP contribution is -2.43. The maximum absolute atomic E-state index is 5.32. The zero-order chi connectivity index (χ0) is 16.9. The lowest BCUT2D eigenvalue weighted by Gasteiger charge is -2.40. The van der Waals surface area contributed by atoms with Gasteiger partial charge in [0.15, 0.2) is 0 Å². The topological polar surface area (TPSA) is 38.2 Å². The molecule has 0 spiro atoms. The van der Waals surface area contributed by atoms with Crippen molar-refractivity contribution in [1.29, 1.82) is 0 Å². The summed E-state index contributed by atoms with van der Waals surface area (Å²) in [5.41, 5.74) is 1.34. The van der Waals surface area contributed by atoms with Gasteiger partial charge < -0.3 is 9.64 Å². The van der Waals surface area contributed by atoms with Crippen LogP contribution in [-0.4, -0.2) is 47.7 Å². The van der Waals surface area contributed by atoms with E-state index >= 15 is 0 Å². The van der Waals surface area contributed by atoms with Crippen LogP contribution in [0.2, 0.25) is 0 Å². The third-order valence-corrected chi connectivity index (χ3v) is 5.94. The summed E-state index contributed by atoms with van der Waals surface area (Å²) in [5.74, 6) is 2.81. The van der Waals surface area contributed by atoms with Crippen LogP contribution >= 0.6 is 0 Å². The molecule has 1 aliphatic carbocycles. The number of nitrogens with zero attached hydrogens (tertiary/aromatic N) is 3. The van der Waals surface area contributed by atoms with E-state index in [1.807, 2.05) is 7.11 Å². The summed E-state index contributed by atoms with van der Waals surface area (Å²) in [6.45, 7) is 7.71. The van der Waals surface area contributed by atoms with Crippen molar-refractivity contribution in [2.24, 2.45) is 5.92 Å². The summed E-state index contributed by atoms with van der Waals surface area (Å²) < 4.78 is 5.32. The lowest BCUT2D eigenvalue weighted by atomic mass is 9.83. The molecule has 4 heteroatoms. The minimum atomic E-state index is 0.411. The Balaban J connectivity index is 1.47. The number of methoxy groups -OCH3 is 1. The molecule has 134 valence electrons. The van der Waals surface area contributed by atoms with Crippen molar-refractivity contribution in [2.45, 2.75) is 70.3 Å². The first-order chi connectivity index (χ1) is 11.7. The molecule has 0 bridgehead atoms. The second-order valence-corrected chi connectivity index (χ2v) is 7.97. The molecule has 0 atom stereocenters. The maximum atomic E-state index is 5.32. The average molecular weight is 332 g/mol. The van der Waals surface area contributed by atoms with E-state index in [4.69, 9.17) is 4.74 Å². The van der Waals surface area contributed by atoms with Gasteiger partial charge in [-0.05, 0) is 69.0 Å². The van der Waals surface area contributed by atoms with Gasteiger partial charge in [-0.3, -0.25) is 0 Å². The van der Waals surface area contributed by atoms with Crippen molar-refractivity contribution in [1.82, 2.24) is 14.9 Å². The molecular weight excluding hydrogens is 298 g/mol. The molecule has 2 heterocycles. The number of hydrogen-bond acceptors (Lipinski definition) is 4. The van der Waals surface area contributed by atoms with E-state index in [2.05, 4.69) is 41.1 Å². The summed E-state index contributed by atoms with van der Waals surface area (Å²) in [5, 5.41) is 0. The highest BCUT2D eigenvalue weighted by Crippen LogP contribution is 2.33. The summed E-state index contributed by atoms with van der Waals surface area (Å²) >= 11 is 0. The smallest absolute Gasteiger partial charge is 0.130 e. The molecule has 0 aromatic carbocycles. The molecule has 3 rings (SSSR count). The monoisotopic (exact) mass is 331 g/mol. The van der Waals surface area contributed by atoms with E-state index < -0.39 is 0 Å². The van der Waals surface area contributed by atoms with E-state index in [1.54, 1.807) is 0 Å². The molecule has 1 saturated heterocycles. The van der Waals surface area contributed by atoms with Crippen LogP contribution in [0.25, 0.3) is 0 Å². The zero-order valence-electron chi connectivity index (χ0n) is 15.6. The number of aromatic nitrogens is 2. The Morgan fingerprint density at radius 1 is 1.04 bits per heavy atom. The van der Waals surface area contributed by atoms with Gasteiger partial charge in [-0.1, -0.05) is 13.8 Å². The van der Waals surface area contributed by atoms with Crippen LogP contribution in [0.1, 0.15) is 75.6 Å². The van der Waals surface area contributed by atoms with Gasteiger partial charge >= 0.3 is 0 Å². The van der Waals surface area contributed by atoms with Crippen molar-refractivity contribution in [3.05, 3.63) is 23.8 Å². The normalized spacial score (nSPS) is 26.8. The van der Waals surface area contributed by atoms with E-state index in [-0.39, 0.29) is 0 Å². The van der Waals surface area contributed by atoms with E-state index in [0.29, 0.717) is 11.8 Å². The van der Waals surface area contributed by atoms with Gasteiger partial charge in [0, 0.05) is 38.1 Å². The van der Waals surface area contributed by atoms with E-state index in [0.717, 1.165) is 24.4 Å². The Hall–Kier alpha value is -1.00. The average Bonchev–Trinajstić information content (AvgIpc) is 2.63. The zero-order valence-corrected chi connectivity index (χ0v) is 15.6. The number of hydrogen-bond donors (Lipinski definition) is 0. The highest BCUT2D eigenvalue weighted by molar-refractivity contribution is 5.14. The molecule has 2 aliphatic rings. The summed E-state index contributed by atoms with van der Waals surface area (Å²) in [4.78, 5) is 11.8. The molecule has 4 nitrogen and oxygen atoms in total. The number of likely N-dealkylation sites (tertiary alicyclic amines) is 1. The minimum absolute atomic E-state index is 0.411. The molecular formula is C20H33N3O. The van der Waals surface area contributed by atoms with Crippen LogP contribution in [0.5, 0.6) is 0 Å². The Morgan fingerprint density at radius 2 is 1.67 bits per heavy atom. The van der Waals surface area contributed by atoms with Crippen LogP contribution in [0, 0.1) is 5.92 Å². The molecule has 0 radical (unpaired) electrons. The minimum Gasteiger partial charge on any atom is -0.384 e. The number of ether oxygens (including phenoxy) is 1. The van der Waals surface area contributed by atoms with Crippen LogP contribution in [0.3, 0.4) is 0 Å². The standard InChI is InChI=1S/C20H33N3O/c1-15(2)20-21-12-18(13-22-20)17-8-10-23(11-9-17)19-6-4-16(5-7-19)14-24-3/h12-13,15-17,19H,4-11,14H2,1-3H3. The second kappa shape index (κ2) is 8.39. The van der Waals surface area contributed by atoms with Crippen molar-refractivity contribution in [3.8, 4) is 0 Å². The van der Waals surface area contributed by atoms with Gasteiger partial charge in [-0.25, -0.2) is 9.97 Å². The molecule has 1 aliphatic heterocycles. The van der Waals surface area contributed by atoms with Crippen molar-refractivity contribution < 1.29 is 4.74 Å². The van der Waals surface area contributed by atoms with Crippen LogP contribution in [-0.2, 0) is 4.74 Å². The molecule has 1 saturated carbocycles. The molecule has 0 amide bonds. The quantitative estimate of drug-likeness (QED) is 0.818. The lowest BCUT2D eigenvalue weighted by molar-refractivity contribution is 0.0769. The molecule has 24 heavy (non-hydrogen) atoms. The fraction of sp³-hybridized carbons (Fsp3) is 0.800. The Morgan fingerprint density at radius 3 is 2.21 bits per heavy atom. The molecule has 1 aromatic heterocycles. The highest BCUT2D eigenvalue weighted by atomic mass is 16.5. The van der Waals surface area contributed by atoms with E-state index in [9.17, 15) is 0 Å². The van der Waals surface area contributed by atoms with Gasteiger partial charge in [0.2, 0.25) is 0 Å². The van der Waals surface area contributed by atoms with Crippen molar-refractivity contribution in [3.63, 3.8) is 0 Å². The van der Waals surface area contributed by atoms with E-state index in [1.165, 1.54) is 57.2 Å². The highest BCUT2D eigenvalue weighted by Gasteiger charge is 2.29. The summed E-state index contributed by atoms with van der Waals surface area (Å²) in [6, 6.07) is 0.804. The second-order valence-electron chi connectivity index (χ2n) is 7.97. The molecule has 2 fully saturated rings. The van der Waals surface area contributed by atoms with Crippen LogP contribution < -0.4 is 0 Å². The van der Waals surface area contributed by atoms with Crippen LogP contribution in [0.15, 0.2) is 12.4 Å². The molecule has 0 unspecified atom stereocenters. The summed E-state index contributed by atoms with van der Waals surface area (Å²) in [7, 11) is 1.83. The molecule has 1 aromatic rings. The van der Waals surface area contributed by atoms with Gasteiger partial charge in [0.05, 0.1) is 0 Å². The maximum Gasteiger partial charge on any atom is 0.130 e. The Labute approximate surface area is 147 Å². The van der Waals surface area contributed by atoms with Gasteiger partial charge in [0.25, 0.3) is 0 Å². The Kier molecular flexibility index (Phi) is 6.23. The van der Waals surface area contributed by atoms with Crippen molar-refractivity contribution in [2.75, 3.05) is 26.8 Å². The Bertz CT molecular complexity index is 486. The first kappa shape index (κ1) is 17.8. The summed E-state index contributed by atoms with van der Waals surface area (Å²) in [6.07, 6.45) is 12.0. The number of piperidine rings is 1.